The number of hydrogen-bond donors (Lipinski definition) is 2. The minimum absolute atomic E-state index is 0.225. The second kappa shape index (κ2) is 17.6. The second-order valence-electron chi connectivity index (χ2n) is 10.3. The molecule has 0 amide bonds. The Morgan fingerprint density at radius 1 is 0.758 bits per heavy atom. The van der Waals surface area contributed by atoms with Crippen molar-refractivity contribution in [1.82, 2.24) is 10.6 Å². The molecule has 2 fully saturated rings. The van der Waals surface area contributed by atoms with E-state index >= 15 is 0 Å². The van der Waals surface area contributed by atoms with E-state index in [0.717, 1.165) is 47.6 Å². The summed E-state index contributed by atoms with van der Waals surface area (Å²) in [5.74, 6) is 3.96. The van der Waals surface area contributed by atoms with Gasteiger partial charge in [0, 0.05) is 18.8 Å². The average Bonchev–Trinajstić information content (AvgIpc) is 2.84. The van der Waals surface area contributed by atoms with E-state index in [-0.39, 0.29) is 6.61 Å². The Hall–Kier alpha value is 0.180. The van der Waals surface area contributed by atoms with Crippen LogP contribution < -0.4 is 10.6 Å². The lowest BCUT2D eigenvalue weighted by molar-refractivity contribution is 0.227. The van der Waals surface area contributed by atoms with E-state index in [9.17, 15) is 8.42 Å². The van der Waals surface area contributed by atoms with Crippen molar-refractivity contribution in [3.8, 4) is 0 Å². The van der Waals surface area contributed by atoms with Crippen LogP contribution in [0.3, 0.4) is 0 Å². The third kappa shape index (κ3) is 12.6. The molecule has 0 aromatic rings. The Morgan fingerprint density at radius 3 is 1.73 bits per heavy atom. The summed E-state index contributed by atoms with van der Waals surface area (Å²) >= 11 is 0. The van der Waals surface area contributed by atoms with Crippen LogP contribution in [0.5, 0.6) is 0 Å². The molecule has 2 N–H and O–H groups in total. The maximum atomic E-state index is 12.1. The monoisotopic (exact) mass is 504 g/mol. The van der Waals surface area contributed by atoms with Crippen LogP contribution >= 0.6 is 10.8 Å². The number of nitrogens with one attached hydrogen (secondary N) is 2. The number of rotatable bonds is 18. The molecule has 0 aromatic heterocycles. The van der Waals surface area contributed by atoms with Crippen molar-refractivity contribution in [2.75, 3.05) is 38.5 Å². The van der Waals surface area contributed by atoms with Crippen LogP contribution in [-0.4, -0.2) is 47.0 Å². The Kier molecular flexibility index (Phi) is 15.7. The zero-order valence-corrected chi connectivity index (χ0v) is 23.1. The quantitative estimate of drug-likeness (QED) is 0.172. The van der Waals surface area contributed by atoms with Gasteiger partial charge in [0.05, 0.1) is 6.61 Å². The molecular weight excluding hydrogens is 452 g/mol. The molecule has 2 aliphatic carbocycles. The van der Waals surface area contributed by atoms with Crippen LogP contribution in [0.15, 0.2) is 0 Å². The normalized spacial score (nSPS) is 20.7. The van der Waals surface area contributed by atoms with Gasteiger partial charge in [0.25, 0.3) is 0 Å². The lowest BCUT2D eigenvalue weighted by Crippen LogP contribution is -2.26. The molecule has 0 saturated heterocycles. The summed E-state index contributed by atoms with van der Waals surface area (Å²) < 4.78 is 29.4. The first-order valence-electron chi connectivity index (χ1n) is 14.0. The fourth-order valence-corrected chi connectivity index (χ4v) is 8.11. The second-order valence-corrected chi connectivity index (χ2v) is 13.9. The molecular formula is C26H52N2O3S2. The SMILES string of the molecule is CC[C@@H](CCNCCOS(=O)(=O)SCCNCC[C@H](CC)C1CCCCC1)C1CCCCC1. The Bertz CT molecular complexity index is 532. The molecule has 7 heteroatoms. The lowest BCUT2D eigenvalue weighted by atomic mass is 9.77. The van der Waals surface area contributed by atoms with Crippen molar-refractivity contribution in [3.63, 3.8) is 0 Å². The standard InChI is InChI=1S/C26H52N2O3S2/c1-3-23(25-11-7-5-8-12-25)15-17-27-19-21-31-33(29,30)32-22-20-28-18-16-24(4-2)26-13-9-6-10-14-26/h23-28H,3-22H2,1-2H3/t23-,24-/m0/s1. The van der Waals surface area contributed by atoms with Crippen LogP contribution in [0, 0.1) is 23.7 Å². The molecule has 0 heterocycles. The molecule has 0 aliphatic heterocycles. The van der Waals surface area contributed by atoms with E-state index in [4.69, 9.17) is 4.18 Å². The highest BCUT2D eigenvalue weighted by molar-refractivity contribution is 8.70. The average molecular weight is 505 g/mol. The zero-order chi connectivity index (χ0) is 23.8. The molecule has 2 rings (SSSR count). The summed E-state index contributed by atoms with van der Waals surface area (Å²) in [5.41, 5.74) is 0. The zero-order valence-electron chi connectivity index (χ0n) is 21.5. The topological polar surface area (TPSA) is 67.4 Å². The van der Waals surface area contributed by atoms with E-state index < -0.39 is 9.15 Å². The van der Waals surface area contributed by atoms with Gasteiger partial charge in [0.15, 0.2) is 0 Å². The van der Waals surface area contributed by atoms with Crippen LogP contribution in [-0.2, 0) is 13.3 Å². The summed E-state index contributed by atoms with van der Waals surface area (Å²) in [6, 6.07) is 0. The summed E-state index contributed by atoms with van der Waals surface area (Å²) in [5, 5.41) is 6.81. The third-order valence-electron chi connectivity index (χ3n) is 8.08. The van der Waals surface area contributed by atoms with Crippen LogP contribution in [0.25, 0.3) is 0 Å². The minimum Gasteiger partial charge on any atom is -0.316 e. The van der Waals surface area contributed by atoms with Crippen LogP contribution in [0.1, 0.15) is 104 Å². The molecule has 2 saturated carbocycles. The smallest absolute Gasteiger partial charge is 0.316 e. The van der Waals surface area contributed by atoms with Gasteiger partial charge in [0.1, 0.15) is 0 Å². The fourth-order valence-electron chi connectivity index (χ4n) is 6.05. The van der Waals surface area contributed by atoms with Gasteiger partial charge in [-0.1, -0.05) is 90.9 Å². The van der Waals surface area contributed by atoms with Gasteiger partial charge in [-0.15, -0.1) is 0 Å². The van der Waals surface area contributed by atoms with Crippen molar-refractivity contribution >= 4 is 19.9 Å². The van der Waals surface area contributed by atoms with Crippen molar-refractivity contribution in [3.05, 3.63) is 0 Å². The summed E-state index contributed by atoms with van der Waals surface area (Å²) in [7, 11) is -2.57. The Balaban J connectivity index is 1.45. The highest BCUT2D eigenvalue weighted by atomic mass is 33.1. The van der Waals surface area contributed by atoms with Gasteiger partial charge < -0.3 is 10.6 Å². The van der Waals surface area contributed by atoms with E-state index in [2.05, 4.69) is 24.5 Å². The molecule has 196 valence electrons. The molecule has 2 atom stereocenters. The molecule has 0 bridgehead atoms. The van der Waals surface area contributed by atoms with Crippen LogP contribution in [0.2, 0.25) is 0 Å². The summed E-state index contributed by atoms with van der Waals surface area (Å²) in [4.78, 5) is 0. The Labute approximate surface area is 208 Å². The molecule has 5 nitrogen and oxygen atoms in total. The summed E-state index contributed by atoms with van der Waals surface area (Å²) in [6.45, 7) is 8.09. The first-order valence-corrected chi connectivity index (χ1v) is 16.9. The fraction of sp³-hybridized carbons (Fsp3) is 1.00. The predicted octanol–water partition coefficient (Wildman–Crippen LogP) is 6.15. The molecule has 0 spiro atoms. The highest BCUT2D eigenvalue weighted by Gasteiger charge is 2.22. The molecule has 0 radical (unpaired) electrons. The summed E-state index contributed by atoms with van der Waals surface area (Å²) in [6.07, 6.45) is 18.9. The van der Waals surface area contributed by atoms with Gasteiger partial charge in [0.2, 0.25) is 0 Å². The van der Waals surface area contributed by atoms with E-state index in [1.807, 2.05) is 0 Å². The van der Waals surface area contributed by atoms with Gasteiger partial charge in [-0.3, -0.25) is 4.18 Å². The first-order chi connectivity index (χ1) is 16.1. The maximum Gasteiger partial charge on any atom is 0.322 e. The minimum atomic E-state index is -3.50. The van der Waals surface area contributed by atoms with E-state index in [1.165, 1.54) is 89.9 Å². The molecule has 0 aromatic carbocycles. The van der Waals surface area contributed by atoms with Gasteiger partial charge in [-0.25, -0.2) is 0 Å². The predicted molar refractivity (Wildman–Crippen MR) is 143 cm³/mol. The highest BCUT2D eigenvalue weighted by Crippen LogP contribution is 2.34. The maximum absolute atomic E-state index is 12.1. The van der Waals surface area contributed by atoms with Crippen LogP contribution in [0.4, 0.5) is 0 Å². The van der Waals surface area contributed by atoms with E-state index in [1.54, 1.807) is 0 Å². The third-order valence-corrected chi connectivity index (χ3v) is 10.8. The van der Waals surface area contributed by atoms with Crippen molar-refractivity contribution in [2.45, 2.75) is 104 Å². The Morgan fingerprint density at radius 2 is 1.24 bits per heavy atom. The van der Waals surface area contributed by atoms with Crippen molar-refractivity contribution in [1.29, 1.82) is 0 Å². The van der Waals surface area contributed by atoms with Gasteiger partial charge >= 0.3 is 9.15 Å². The van der Waals surface area contributed by atoms with Gasteiger partial charge in [-0.2, -0.15) is 8.42 Å². The molecule has 0 unspecified atom stereocenters. The molecule has 2 aliphatic rings. The molecule has 33 heavy (non-hydrogen) atoms. The lowest BCUT2D eigenvalue weighted by Gasteiger charge is -2.29. The largest absolute Gasteiger partial charge is 0.322 e. The van der Waals surface area contributed by atoms with Crippen molar-refractivity contribution in [2.24, 2.45) is 23.7 Å². The first kappa shape index (κ1) is 29.4. The van der Waals surface area contributed by atoms with E-state index in [0.29, 0.717) is 18.8 Å². The van der Waals surface area contributed by atoms with Crippen molar-refractivity contribution < 1.29 is 12.6 Å². The number of hydrogen-bond acceptors (Lipinski definition) is 6. The van der Waals surface area contributed by atoms with Gasteiger partial charge in [-0.05, 0) is 60.4 Å².